The number of ether oxygens (including phenoxy) is 1. The van der Waals surface area contributed by atoms with Crippen molar-refractivity contribution in [2.45, 2.75) is 25.9 Å². The quantitative estimate of drug-likeness (QED) is 0.816. The molecule has 0 bridgehead atoms. The molecule has 0 spiro atoms. The number of benzene rings is 1. The Kier molecular flexibility index (Phi) is 6.43. The maximum absolute atomic E-state index is 12.0. The minimum Gasteiger partial charge on any atom is -0.383 e. The van der Waals surface area contributed by atoms with Crippen LogP contribution in [0.4, 0.5) is 10.5 Å². The van der Waals surface area contributed by atoms with Crippen molar-refractivity contribution in [3.8, 4) is 0 Å². The summed E-state index contributed by atoms with van der Waals surface area (Å²) in [5.41, 5.74) is 1.77. The predicted molar refractivity (Wildman–Crippen MR) is 90.9 cm³/mol. The molecule has 0 saturated carbocycles. The topological polar surface area (TPSA) is 68.2 Å². The molecular weight excluding hydrogens is 316 g/mol. The number of carbonyl (C=O) groups is 1. The van der Waals surface area contributed by atoms with Crippen molar-refractivity contribution in [3.63, 3.8) is 0 Å². The lowest BCUT2D eigenvalue weighted by atomic mass is 10.1. The first kappa shape index (κ1) is 17.3. The van der Waals surface area contributed by atoms with Crippen LogP contribution < -0.4 is 10.6 Å². The zero-order chi connectivity index (χ0) is 16.7. The molecule has 124 valence electrons. The van der Waals surface area contributed by atoms with Gasteiger partial charge in [0.25, 0.3) is 0 Å². The molecule has 0 aliphatic rings. The molecule has 0 aliphatic carbocycles. The zero-order valence-corrected chi connectivity index (χ0v) is 14.0. The lowest BCUT2D eigenvalue weighted by Crippen LogP contribution is -2.37. The van der Waals surface area contributed by atoms with Gasteiger partial charge in [-0.3, -0.25) is 4.68 Å². The molecule has 2 N–H and O–H groups in total. The average molecular weight is 337 g/mol. The van der Waals surface area contributed by atoms with E-state index in [1.165, 1.54) is 0 Å². The van der Waals surface area contributed by atoms with E-state index < -0.39 is 0 Å². The molecule has 0 fully saturated rings. The molecule has 1 heterocycles. The fourth-order valence-corrected chi connectivity index (χ4v) is 2.28. The van der Waals surface area contributed by atoms with Crippen molar-refractivity contribution in [2.75, 3.05) is 19.0 Å². The molecule has 1 aromatic carbocycles. The van der Waals surface area contributed by atoms with Gasteiger partial charge in [-0.15, -0.1) is 0 Å². The maximum atomic E-state index is 12.0. The Balaban J connectivity index is 1.79. The first-order valence-electron chi connectivity index (χ1n) is 7.40. The summed E-state index contributed by atoms with van der Waals surface area (Å²) in [5, 5.41) is 10.5. The van der Waals surface area contributed by atoms with Crippen molar-refractivity contribution in [1.29, 1.82) is 0 Å². The number of hydrogen-bond acceptors (Lipinski definition) is 3. The van der Waals surface area contributed by atoms with E-state index in [4.69, 9.17) is 16.3 Å². The van der Waals surface area contributed by atoms with Crippen molar-refractivity contribution in [1.82, 2.24) is 15.1 Å². The summed E-state index contributed by atoms with van der Waals surface area (Å²) >= 11 is 5.86. The number of carbonyl (C=O) groups excluding carboxylic acids is 1. The van der Waals surface area contributed by atoms with Crippen LogP contribution in [0, 0.1) is 0 Å². The summed E-state index contributed by atoms with van der Waals surface area (Å²) in [6.07, 6.45) is 4.11. The van der Waals surface area contributed by atoms with Crippen molar-refractivity contribution < 1.29 is 9.53 Å². The Morgan fingerprint density at radius 3 is 2.83 bits per heavy atom. The predicted octanol–water partition coefficient (Wildman–Crippen LogP) is 2.94. The zero-order valence-electron chi connectivity index (χ0n) is 13.3. The molecule has 6 nitrogen and oxygen atoms in total. The second-order valence-electron chi connectivity index (χ2n) is 5.31. The molecule has 0 radical (unpaired) electrons. The number of hydrogen-bond donors (Lipinski definition) is 2. The van der Waals surface area contributed by atoms with Gasteiger partial charge in [-0.05, 0) is 31.0 Å². The highest BCUT2D eigenvalue weighted by molar-refractivity contribution is 6.30. The van der Waals surface area contributed by atoms with Gasteiger partial charge < -0.3 is 15.4 Å². The van der Waals surface area contributed by atoms with Crippen LogP contribution >= 0.6 is 11.6 Å². The van der Waals surface area contributed by atoms with Gasteiger partial charge in [0.15, 0.2) is 0 Å². The minimum atomic E-state index is -0.252. The first-order chi connectivity index (χ1) is 11.1. The molecule has 2 aromatic rings. The van der Waals surface area contributed by atoms with Crippen LogP contribution in [0.3, 0.4) is 0 Å². The molecule has 7 heteroatoms. The van der Waals surface area contributed by atoms with Gasteiger partial charge in [-0.1, -0.05) is 23.7 Å². The number of urea groups is 1. The Labute approximate surface area is 140 Å². The van der Waals surface area contributed by atoms with Crippen LogP contribution in [0.15, 0.2) is 36.7 Å². The number of halogens is 1. The minimum absolute atomic E-state index is 0.000267. The standard InChI is InChI=1S/C16H21ClN4O2/c1-12(9-13-3-5-14(17)6-4-13)19-16(22)20-15-10-18-21(11-15)7-8-23-2/h3-6,10-12H,7-9H2,1-2H3,(H2,19,20,22)/t12-/m0/s1. The van der Waals surface area contributed by atoms with Gasteiger partial charge in [-0.25, -0.2) is 4.79 Å². The van der Waals surface area contributed by atoms with Crippen LogP contribution in [0.25, 0.3) is 0 Å². The Morgan fingerprint density at radius 1 is 1.39 bits per heavy atom. The van der Waals surface area contributed by atoms with Crippen molar-refractivity contribution in [2.24, 2.45) is 0 Å². The van der Waals surface area contributed by atoms with E-state index in [1.807, 2.05) is 31.2 Å². The van der Waals surface area contributed by atoms with Crippen LogP contribution in [0.2, 0.25) is 5.02 Å². The van der Waals surface area contributed by atoms with Gasteiger partial charge in [0.1, 0.15) is 0 Å². The van der Waals surface area contributed by atoms with E-state index in [1.54, 1.807) is 24.2 Å². The summed E-state index contributed by atoms with van der Waals surface area (Å²) in [7, 11) is 1.64. The molecule has 0 aliphatic heterocycles. The number of amides is 2. The van der Waals surface area contributed by atoms with Crippen molar-refractivity contribution >= 4 is 23.3 Å². The Morgan fingerprint density at radius 2 is 2.13 bits per heavy atom. The van der Waals surface area contributed by atoms with E-state index in [9.17, 15) is 4.79 Å². The Hall–Kier alpha value is -2.05. The largest absolute Gasteiger partial charge is 0.383 e. The molecule has 1 atom stereocenters. The average Bonchev–Trinajstić information content (AvgIpc) is 2.94. The number of anilines is 1. The number of rotatable bonds is 7. The SMILES string of the molecule is COCCn1cc(NC(=O)N[C@@H](C)Cc2ccc(Cl)cc2)cn1. The molecule has 0 unspecified atom stereocenters. The number of nitrogens with zero attached hydrogens (tertiary/aromatic N) is 2. The fraction of sp³-hybridized carbons (Fsp3) is 0.375. The molecule has 23 heavy (non-hydrogen) atoms. The van der Waals surface area contributed by atoms with E-state index in [0.717, 1.165) is 12.0 Å². The third-order valence-electron chi connectivity index (χ3n) is 3.25. The van der Waals surface area contributed by atoms with Crippen LogP contribution in [-0.4, -0.2) is 35.6 Å². The van der Waals surface area contributed by atoms with Gasteiger partial charge in [-0.2, -0.15) is 5.10 Å². The number of nitrogens with one attached hydrogen (secondary N) is 2. The van der Waals surface area contributed by atoms with E-state index >= 15 is 0 Å². The van der Waals surface area contributed by atoms with E-state index in [-0.39, 0.29) is 12.1 Å². The van der Waals surface area contributed by atoms with Gasteiger partial charge in [0.05, 0.1) is 25.0 Å². The van der Waals surface area contributed by atoms with Crippen LogP contribution in [0.1, 0.15) is 12.5 Å². The molecule has 0 saturated heterocycles. The second kappa shape index (κ2) is 8.55. The summed E-state index contributed by atoms with van der Waals surface area (Å²) in [6.45, 7) is 3.18. The summed E-state index contributed by atoms with van der Waals surface area (Å²) in [5.74, 6) is 0. The molecule has 1 aromatic heterocycles. The lowest BCUT2D eigenvalue weighted by Gasteiger charge is -2.14. The smallest absolute Gasteiger partial charge is 0.319 e. The first-order valence-corrected chi connectivity index (χ1v) is 7.78. The van der Waals surface area contributed by atoms with E-state index in [2.05, 4.69) is 15.7 Å². The van der Waals surface area contributed by atoms with Crippen molar-refractivity contribution in [3.05, 3.63) is 47.2 Å². The maximum Gasteiger partial charge on any atom is 0.319 e. The number of methoxy groups -OCH3 is 1. The van der Waals surface area contributed by atoms with E-state index in [0.29, 0.717) is 23.9 Å². The monoisotopic (exact) mass is 336 g/mol. The van der Waals surface area contributed by atoms with Crippen LogP contribution in [0.5, 0.6) is 0 Å². The summed E-state index contributed by atoms with van der Waals surface area (Å²) < 4.78 is 6.70. The van der Waals surface area contributed by atoms with Gasteiger partial charge in [0, 0.05) is 24.4 Å². The highest BCUT2D eigenvalue weighted by Gasteiger charge is 2.09. The second-order valence-corrected chi connectivity index (χ2v) is 5.75. The summed E-state index contributed by atoms with van der Waals surface area (Å²) in [4.78, 5) is 12.0. The molecular formula is C16H21ClN4O2. The molecule has 2 rings (SSSR count). The lowest BCUT2D eigenvalue weighted by molar-refractivity contribution is 0.183. The Bertz CT molecular complexity index is 627. The third-order valence-corrected chi connectivity index (χ3v) is 3.50. The normalized spacial score (nSPS) is 12.0. The fourth-order valence-electron chi connectivity index (χ4n) is 2.15. The van der Waals surface area contributed by atoms with Gasteiger partial charge >= 0.3 is 6.03 Å². The number of aromatic nitrogens is 2. The third kappa shape index (κ3) is 5.92. The summed E-state index contributed by atoms with van der Waals surface area (Å²) in [6, 6.07) is 7.35. The highest BCUT2D eigenvalue weighted by atomic mass is 35.5. The van der Waals surface area contributed by atoms with Gasteiger partial charge in [0.2, 0.25) is 0 Å². The van der Waals surface area contributed by atoms with Crippen LogP contribution in [-0.2, 0) is 17.7 Å². The molecule has 2 amide bonds. The highest BCUT2D eigenvalue weighted by Crippen LogP contribution is 2.11.